The Kier molecular flexibility index (Phi) is 1.98. The van der Waals surface area contributed by atoms with Crippen LogP contribution in [0.25, 0.3) is 0 Å². The van der Waals surface area contributed by atoms with Crippen LogP contribution in [0.1, 0.15) is 11.3 Å². The van der Waals surface area contributed by atoms with E-state index in [1.165, 1.54) is 6.20 Å². The molecule has 0 saturated heterocycles. The molecule has 0 unspecified atom stereocenters. The molecule has 0 aliphatic carbocycles. The highest BCUT2D eigenvalue weighted by molar-refractivity contribution is 5.26. The highest BCUT2D eigenvalue weighted by Gasteiger charge is 2.07. The largest absolute Gasteiger partial charge is 0.618 e. The van der Waals surface area contributed by atoms with Gasteiger partial charge in [-0.05, 0) is 13.0 Å². The van der Waals surface area contributed by atoms with E-state index >= 15 is 0 Å². The second-order valence-corrected chi connectivity index (χ2v) is 2.50. The van der Waals surface area contributed by atoms with Gasteiger partial charge in [-0.15, -0.1) is 0 Å². The average Bonchev–Trinajstić information content (AvgIpc) is 1.96. The molecule has 0 aliphatic heterocycles. The van der Waals surface area contributed by atoms with Gasteiger partial charge in [-0.1, -0.05) is 0 Å². The lowest BCUT2D eigenvalue weighted by Gasteiger charge is -2.05. The van der Waals surface area contributed by atoms with Crippen molar-refractivity contribution < 1.29 is 9.47 Å². The van der Waals surface area contributed by atoms with Gasteiger partial charge >= 0.3 is 0 Å². The Morgan fingerprint density at radius 2 is 2.09 bits per heavy atom. The molecule has 1 rings (SSSR count). The highest BCUT2D eigenvalue weighted by atomic mass is 16.5. The summed E-state index contributed by atoms with van der Waals surface area (Å²) in [6, 6.07) is 1.84. The minimum Gasteiger partial charge on any atom is -0.618 e. The zero-order valence-electron chi connectivity index (χ0n) is 6.92. The van der Waals surface area contributed by atoms with Gasteiger partial charge in [0, 0.05) is 12.5 Å². The van der Waals surface area contributed by atoms with E-state index in [0.29, 0.717) is 11.4 Å². The fraction of sp³-hybridized carbons (Fsp3) is 0.375. The van der Waals surface area contributed by atoms with Crippen LogP contribution < -0.4 is 9.47 Å². The molecule has 0 N–H and O–H groups in total. The molecule has 1 aromatic rings. The Morgan fingerprint density at radius 3 is 2.64 bits per heavy atom. The molecule has 0 aliphatic rings. The normalized spacial score (nSPS) is 9.73. The first kappa shape index (κ1) is 7.85. The molecule has 60 valence electrons. The van der Waals surface area contributed by atoms with Crippen LogP contribution in [-0.2, 0) is 0 Å². The van der Waals surface area contributed by atoms with E-state index in [4.69, 9.17) is 4.74 Å². The molecule has 0 bridgehead atoms. The maximum absolute atomic E-state index is 11.1. The maximum atomic E-state index is 11.1. The van der Waals surface area contributed by atoms with Gasteiger partial charge in [0.25, 0.3) is 0 Å². The SMILES string of the molecule is COc1cc(C)c[n+]([O-])c1C. The number of aryl methyl sites for hydroxylation is 1. The summed E-state index contributed by atoms with van der Waals surface area (Å²) in [7, 11) is 1.56. The van der Waals surface area contributed by atoms with Crippen molar-refractivity contribution in [3.05, 3.63) is 28.7 Å². The van der Waals surface area contributed by atoms with Gasteiger partial charge in [0.15, 0.2) is 11.9 Å². The molecule has 3 nitrogen and oxygen atoms in total. The van der Waals surface area contributed by atoms with Crippen molar-refractivity contribution >= 4 is 0 Å². The highest BCUT2D eigenvalue weighted by Crippen LogP contribution is 2.13. The molecule has 11 heavy (non-hydrogen) atoms. The standard InChI is InChI=1S/C8H11NO2/c1-6-4-8(11-3)7(2)9(10)5-6/h4-5H,1-3H3. The summed E-state index contributed by atoms with van der Waals surface area (Å²) >= 11 is 0. The monoisotopic (exact) mass is 153 g/mol. The van der Waals surface area contributed by atoms with Crippen LogP contribution in [0.15, 0.2) is 12.3 Å². The van der Waals surface area contributed by atoms with E-state index in [0.717, 1.165) is 10.3 Å². The number of methoxy groups -OCH3 is 1. The van der Waals surface area contributed by atoms with E-state index in [1.54, 1.807) is 14.0 Å². The van der Waals surface area contributed by atoms with Gasteiger partial charge in [0.2, 0.25) is 5.69 Å². The lowest BCUT2D eigenvalue weighted by Crippen LogP contribution is -2.30. The van der Waals surface area contributed by atoms with E-state index in [2.05, 4.69) is 0 Å². The number of rotatable bonds is 1. The van der Waals surface area contributed by atoms with Crippen molar-refractivity contribution in [3.63, 3.8) is 0 Å². The summed E-state index contributed by atoms with van der Waals surface area (Å²) < 4.78 is 5.80. The third-order valence-corrected chi connectivity index (χ3v) is 1.59. The van der Waals surface area contributed by atoms with Crippen molar-refractivity contribution in [2.45, 2.75) is 13.8 Å². The second-order valence-electron chi connectivity index (χ2n) is 2.50. The molecule has 3 heteroatoms. The van der Waals surface area contributed by atoms with Crippen LogP contribution in [0.5, 0.6) is 5.75 Å². The first-order chi connectivity index (χ1) is 5.15. The Morgan fingerprint density at radius 1 is 1.45 bits per heavy atom. The van der Waals surface area contributed by atoms with Crippen molar-refractivity contribution in [1.29, 1.82) is 0 Å². The van der Waals surface area contributed by atoms with E-state index in [1.807, 2.05) is 13.0 Å². The predicted octanol–water partition coefficient (Wildman–Crippen LogP) is 0.945. The molecule has 0 atom stereocenters. The molecular formula is C8H11NO2. The molecule has 0 saturated carbocycles. The zero-order valence-corrected chi connectivity index (χ0v) is 6.92. The number of nitrogens with zero attached hydrogens (tertiary/aromatic N) is 1. The van der Waals surface area contributed by atoms with Gasteiger partial charge in [-0.25, -0.2) is 0 Å². The summed E-state index contributed by atoms with van der Waals surface area (Å²) in [6.45, 7) is 3.58. The van der Waals surface area contributed by atoms with Crippen molar-refractivity contribution in [2.75, 3.05) is 7.11 Å². The maximum Gasteiger partial charge on any atom is 0.231 e. The second kappa shape index (κ2) is 2.78. The lowest BCUT2D eigenvalue weighted by atomic mass is 10.2. The number of aromatic nitrogens is 1. The molecule has 0 aromatic carbocycles. The van der Waals surface area contributed by atoms with Gasteiger partial charge in [-0.3, -0.25) is 0 Å². The molecule has 1 aromatic heterocycles. The van der Waals surface area contributed by atoms with Crippen LogP contribution in [-0.4, -0.2) is 7.11 Å². The first-order valence-corrected chi connectivity index (χ1v) is 3.39. The minimum atomic E-state index is 0.595. The third kappa shape index (κ3) is 1.42. The van der Waals surface area contributed by atoms with Crippen LogP contribution in [0, 0.1) is 19.1 Å². The van der Waals surface area contributed by atoms with Crippen molar-refractivity contribution in [1.82, 2.24) is 0 Å². The summed E-state index contributed by atoms with van der Waals surface area (Å²) in [5, 5.41) is 11.1. The molecule has 1 heterocycles. The Balaban J connectivity index is 3.24. The topological polar surface area (TPSA) is 36.2 Å². The average molecular weight is 153 g/mol. The summed E-state index contributed by atoms with van der Waals surface area (Å²) in [5.74, 6) is 0.639. The van der Waals surface area contributed by atoms with Gasteiger partial charge in [-0.2, -0.15) is 4.73 Å². The fourth-order valence-electron chi connectivity index (χ4n) is 0.946. The first-order valence-electron chi connectivity index (χ1n) is 3.39. The van der Waals surface area contributed by atoms with Crippen LogP contribution >= 0.6 is 0 Å². The Hall–Kier alpha value is -1.25. The smallest absolute Gasteiger partial charge is 0.231 e. The molecule has 0 spiro atoms. The number of hydrogen-bond donors (Lipinski definition) is 0. The van der Waals surface area contributed by atoms with Crippen molar-refractivity contribution in [2.24, 2.45) is 0 Å². The molecule has 0 radical (unpaired) electrons. The summed E-state index contributed by atoms with van der Waals surface area (Å²) in [5.41, 5.74) is 1.50. The van der Waals surface area contributed by atoms with E-state index in [-0.39, 0.29) is 0 Å². The Bertz CT molecular complexity index is 271. The summed E-state index contributed by atoms with van der Waals surface area (Å²) in [6.07, 6.45) is 1.53. The predicted molar refractivity (Wildman–Crippen MR) is 41.4 cm³/mol. The number of hydrogen-bond acceptors (Lipinski definition) is 2. The van der Waals surface area contributed by atoms with Crippen LogP contribution in [0.2, 0.25) is 0 Å². The zero-order chi connectivity index (χ0) is 8.43. The third-order valence-electron chi connectivity index (χ3n) is 1.59. The van der Waals surface area contributed by atoms with Crippen LogP contribution in [0.4, 0.5) is 0 Å². The lowest BCUT2D eigenvalue weighted by molar-refractivity contribution is -0.613. The van der Waals surface area contributed by atoms with E-state index in [9.17, 15) is 5.21 Å². The van der Waals surface area contributed by atoms with Crippen molar-refractivity contribution in [3.8, 4) is 5.75 Å². The van der Waals surface area contributed by atoms with E-state index < -0.39 is 0 Å². The fourth-order valence-corrected chi connectivity index (χ4v) is 0.946. The Labute approximate surface area is 65.8 Å². The van der Waals surface area contributed by atoms with Gasteiger partial charge in [0.1, 0.15) is 0 Å². The number of pyridine rings is 1. The molecular weight excluding hydrogens is 142 g/mol. The quantitative estimate of drug-likeness (QED) is 0.444. The van der Waals surface area contributed by atoms with Gasteiger partial charge < -0.3 is 9.94 Å². The van der Waals surface area contributed by atoms with Crippen LogP contribution in [0.3, 0.4) is 0 Å². The van der Waals surface area contributed by atoms with Gasteiger partial charge in [0.05, 0.1) is 7.11 Å². The molecule has 0 amide bonds. The summed E-state index contributed by atoms with van der Waals surface area (Å²) in [4.78, 5) is 0. The number of ether oxygens (including phenoxy) is 1. The molecule has 0 fully saturated rings. The minimum absolute atomic E-state index is 0.595.